The van der Waals surface area contributed by atoms with Crippen LogP contribution in [-0.2, 0) is 11.3 Å². The number of hydrogen-bond donors (Lipinski definition) is 1. The van der Waals surface area contributed by atoms with E-state index in [-0.39, 0.29) is 18.5 Å². The van der Waals surface area contributed by atoms with Crippen LogP contribution in [0.5, 0.6) is 11.5 Å². The highest BCUT2D eigenvalue weighted by molar-refractivity contribution is 7.99. The number of nitrogens with one attached hydrogen (secondary N) is 1. The van der Waals surface area contributed by atoms with Crippen LogP contribution in [-0.4, -0.2) is 54.6 Å². The third-order valence-corrected chi connectivity index (χ3v) is 7.02. The Morgan fingerprint density at radius 1 is 1.03 bits per heavy atom. The summed E-state index contributed by atoms with van der Waals surface area (Å²) in [6.45, 7) is 6.24. The van der Waals surface area contributed by atoms with Gasteiger partial charge in [0, 0.05) is 44.5 Å². The van der Waals surface area contributed by atoms with Gasteiger partial charge in [-0.25, -0.2) is 9.97 Å². The number of piperazine rings is 1. The van der Waals surface area contributed by atoms with Crippen LogP contribution in [0.15, 0.2) is 53.7 Å². The van der Waals surface area contributed by atoms with Gasteiger partial charge in [-0.3, -0.25) is 4.79 Å². The number of hydrogen-bond acceptors (Lipinski definition) is 8. The van der Waals surface area contributed by atoms with Crippen molar-refractivity contribution in [1.29, 1.82) is 0 Å². The van der Waals surface area contributed by atoms with Crippen molar-refractivity contribution in [2.75, 3.05) is 48.5 Å². The summed E-state index contributed by atoms with van der Waals surface area (Å²) in [7, 11) is 0. The molecule has 2 aliphatic heterocycles. The van der Waals surface area contributed by atoms with Crippen LogP contribution in [0.4, 0.5) is 11.5 Å². The molecule has 3 aromatic rings. The summed E-state index contributed by atoms with van der Waals surface area (Å²) in [6, 6.07) is 15.9. The fraction of sp³-hybridized carbons (Fsp3) is 0.320. The number of para-hydroxylation sites is 1. The Labute approximate surface area is 213 Å². The van der Waals surface area contributed by atoms with Crippen LogP contribution in [0.2, 0.25) is 5.15 Å². The smallest absolute Gasteiger partial charge is 0.231 e. The number of aromatic nitrogens is 2. The van der Waals surface area contributed by atoms with Crippen LogP contribution in [0.1, 0.15) is 11.1 Å². The molecule has 182 valence electrons. The van der Waals surface area contributed by atoms with E-state index < -0.39 is 0 Å². The molecule has 0 saturated carbocycles. The zero-order valence-electron chi connectivity index (χ0n) is 19.4. The van der Waals surface area contributed by atoms with Crippen molar-refractivity contribution >= 4 is 40.8 Å². The quantitative estimate of drug-likeness (QED) is 0.290. The van der Waals surface area contributed by atoms with Gasteiger partial charge in [-0.05, 0) is 36.2 Å². The Balaban J connectivity index is 1.14. The van der Waals surface area contributed by atoms with E-state index in [0.717, 1.165) is 43.3 Å². The minimum absolute atomic E-state index is 0.107. The highest BCUT2D eigenvalue weighted by Gasteiger charge is 2.21. The lowest BCUT2D eigenvalue weighted by atomic mass is 10.1. The number of fused-ring (bicyclic) bond motifs is 1. The highest BCUT2D eigenvalue weighted by atomic mass is 35.5. The second kappa shape index (κ2) is 10.6. The summed E-state index contributed by atoms with van der Waals surface area (Å²) < 4.78 is 10.7. The number of carbonyl (C=O) groups excluding carboxylic acids is 1. The van der Waals surface area contributed by atoms with Gasteiger partial charge in [0.1, 0.15) is 11.0 Å². The van der Waals surface area contributed by atoms with E-state index in [1.54, 1.807) is 6.07 Å². The molecule has 2 aromatic carbocycles. The van der Waals surface area contributed by atoms with Gasteiger partial charge in [-0.1, -0.05) is 47.6 Å². The molecule has 0 atom stereocenters. The van der Waals surface area contributed by atoms with E-state index >= 15 is 0 Å². The number of aryl methyl sites for hydroxylation is 1. The minimum Gasteiger partial charge on any atom is -0.454 e. The molecule has 0 spiro atoms. The van der Waals surface area contributed by atoms with Crippen molar-refractivity contribution in [1.82, 2.24) is 15.3 Å². The first kappa shape index (κ1) is 23.6. The van der Waals surface area contributed by atoms with Crippen molar-refractivity contribution in [3.05, 3.63) is 64.8 Å². The van der Waals surface area contributed by atoms with E-state index in [1.165, 1.54) is 23.0 Å². The number of thioether (sulfide) groups is 1. The maximum absolute atomic E-state index is 12.4. The summed E-state index contributed by atoms with van der Waals surface area (Å²) in [5.41, 5.74) is 3.50. The molecule has 1 amide bonds. The summed E-state index contributed by atoms with van der Waals surface area (Å²) in [5.74, 6) is 2.31. The SMILES string of the molecule is Cc1ccccc1N1CCN(c2cc(Cl)nc(SCC(=O)NCc3ccc4c(c3)OCO4)n2)CC1. The lowest BCUT2D eigenvalue weighted by molar-refractivity contribution is -0.118. The van der Waals surface area contributed by atoms with Gasteiger partial charge < -0.3 is 24.6 Å². The molecule has 0 radical (unpaired) electrons. The van der Waals surface area contributed by atoms with Crippen LogP contribution in [0, 0.1) is 6.92 Å². The van der Waals surface area contributed by atoms with E-state index in [0.29, 0.717) is 22.6 Å². The Morgan fingerprint density at radius 3 is 2.63 bits per heavy atom. The molecule has 1 saturated heterocycles. The summed E-state index contributed by atoms with van der Waals surface area (Å²) in [4.78, 5) is 26.0. The van der Waals surface area contributed by atoms with Crippen molar-refractivity contribution in [2.45, 2.75) is 18.6 Å². The normalized spacial score (nSPS) is 14.8. The number of halogens is 1. The first-order valence-corrected chi connectivity index (χ1v) is 12.8. The van der Waals surface area contributed by atoms with Crippen LogP contribution >= 0.6 is 23.4 Å². The second-order valence-electron chi connectivity index (χ2n) is 8.35. The van der Waals surface area contributed by atoms with Crippen LogP contribution in [0.25, 0.3) is 0 Å². The number of amides is 1. The fourth-order valence-electron chi connectivity index (χ4n) is 4.14. The topological polar surface area (TPSA) is 79.8 Å². The number of benzene rings is 2. The predicted molar refractivity (Wildman–Crippen MR) is 138 cm³/mol. The molecule has 1 aromatic heterocycles. The zero-order chi connectivity index (χ0) is 24.2. The second-order valence-corrected chi connectivity index (χ2v) is 9.67. The Kier molecular flexibility index (Phi) is 7.15. The average molecular weight is 512 g/mol. The highest BCUT2D eigenvalue weighted by Crippen LogP contribution is 2.32. The average Bonchev–Trinajstić information content (AvgIpc) is 3.34. The summed E-state index contributed by atoms with van der Waals surface area (Å²) in [5, 5.41) is 3.78. The van der Waals surface area contributed by atoms with Gasteiger partial charge in [0.15, 0.2) is 16.7 Å². The number of anilines is 2. The number of ether oxygens (including phenoxy) is 2. The van der Waals surface area contributed by atoms with Gasteiger partial charge in [0.05, 0.1) is 5.75 Å². The predicted octanol–water partition coefficient (Wildman–Crippen LogP) is 3.90. The van der Waals surface area contributed by atoms with Gasteiger partial charge >= 0.3 is 0 Å². The lowest BCUT2D eigenvalue weighted by Gasteiger charge is -2.37. The monoisotopic (exact) mass is 511 g/mol. The molecule has 1 fully saturated rings. The third-order valence-electron chi connectivity index (χ3n) is 5.98. The van der Waals surface area contributed by atoms with Gasteiger partial charge in [0.25, 0.3) is 0 Å². The maximum Gasteiger partial charge on any atom is 0.231 e. The first-order valence-electron chi connectivity index (χ1n) is 11.4. The molecule has 3 heterocycles. The van der Waals surface area contributed by atoms with Gasteiger partial charge in [-0.15, -0.1) is 0 Å². The molecule has 5 rings (SSSR count). The molecule has 2 aliphatic rings. The molecule has 0 unspecified atom stereocenters. The fourth-order valence-corrected chi connectivity index (χ4v) is 5.05. The minimum atomic E-state index is -0.107. The van der Waals surface area contributed by atoms with Crippen molar-refractivity contribution < 1.29 is 14.3 Å². The van der Waals surface area contributed by atoms with Crippen molar-refractivity contribution in [2.24, 2.45) is 0 Å². The van der Waals surface area contributed by atoms with Crippen LogP contribution < -0.4 is 24.6 Å². The van der Waals surface area contributed by atoms with Gasteiger partial charge in [0.2, 0.25) is 12.7 Å². The Bertz CT molecular complexity index is 1220. The molecular weight excluding hydrogens is 486 g/mol. The largest absolute Gasteiger partial charge is 0.454 e. The van der Waals surface area contributed by atoms with E-state index in [9.17, 15) is 4.79 Å². The molecule has 35 heavy (non-hydrogen) atoms. The lowest BCUT2D eigenvalue weighted by Crippen LogP contribution is -2.47. The van der Waals surface area contributed by atoms with Crippen molar-refractivity contribution in [3.63, 3.8) is 0 Å². The van der Waals surface area contributed by atoms with E-state index in [4.69, 9.17) is 21.1 Å². The van der Waals surface area contributed by atoms with E-state index in [1.807, 2.05) is 18.2 Å². The summed E-state index contributed by atoms with van der Waals surface area (Å²) in [6.07, 6.45) is 0. The molecule has 0 aliphatic carbocycles. The maximum atomic E-state index is 12.4. The molecule has 0 bridgehead atoms. The zero-order valence-corrected chi connectivity index (χ0v) is 20.9. The number of carbonyl (C=O) groups is 1. The summed E-state index contributed by atoms with van der Waals surface area (Å²) >= 11 is 7.57. The number of rotatable bonds is 7. The molecule has 1 N–H and O–H groups in total. The van der Waals surface area contributed by atoms with Gasteiger partial charge in [-0.2, -0.15) is 0 Å². The first-order chi connectivity index (χ1) is 17.0. The Morgan fingerprint density at radius 2 is 1.80 bits per heavy atom. The van der Waals surface area contributed by atoms with E-state index in [2.05, 4.69) is 56.3 Å². The molecular formula is C25H26ClN5O3S. The molecule has 8 nitrogen and oxygen atoms in total. The number of nitrogens with zero attached hydrogens (tertiary/aromatic N) is 4. The standard InChI is InChI=1S/C25H26ClN5O3S/c1-17-4-2-3-5-19(17)30-8-10-31(11-9-30)23-13-22(26)28-25(29-23)35-15-24(32)27-14-18-6-7-20-21(12-18)34-16-33-20/h2-7,12-13H,8-11,14-16H2,1H3,(H,27,32). The third kappa shape index (κ3) is 5.74. The van der Waals surface area contributed by atoms with Crippen molar-refractivity contribution in [3.8, 4) is 11.5 Å². The Hall–Kier alpha value is -3.17. The molecule has 10 heteroatoms. The van der Waals surface area contributed by atoms with Crippen LogP contribution in [0.3, 0.4) is 0 Å².